The van der Waals surface area contributed by atoms with Gasteiger partial charge >= 0.3 is 5.97 Å². The molecule has 0 aliphatic heterocycles. The summed E-state index contributed by atoms with van der Waals surface area (Å²) < 4.78 is 25.3. The molecule has 0 atom stereocenters. The van der Waals surface area contributed by atoms with Crippen LogP contribution in [-0.4, -0.2) is 34.8 Å². The van der Waals surface area contributed by atoms with E-state index in [1.807, 2.05) is 0 Å². The van der Waals surface area contributed by atoms with E-state index in [1.165, 1.54) is 10.6 Å². The molecule has 0 radical (unpaired) electrons. The van der Waals surface area contributed by atoms with Gasteiger partial charge in [0, 0.05) is 0 Å². The Morgan fingerprint density at radius 2 is 2.11 bits per heavy atom. The third-order valence-corrected chi connectivity index (χ3v) is 4.07. The lowest BCUT2D eigenvalue weighted by Gasteiger charge is -2.05. The Morgan fingerprint density at radius 3 is 2.74 bits per heavy atom. The average molecular weight is 280 g/mol. The van der Waals surface area contributed by atoms with Crippen LogP contribution in [0.2, 0.25) is 0 Å². The molecule has 0 spiro atoms. The molecule has 19 heavy (non-hydrogen) atoms. The number of nitrogens with zero attached hydrogens (tertiary/aromatic N) is 2. The predicted molar refractivity (Wildman–Crippen MR) is 69.6 cm³/mol. The number of aliphatic carboxylic acids is 1. The summed E-state index contributed by atoms with van der Waals surface area (Å²) >= 11 is 0. The van der Waals surface area contributed by atoms with E-state index in [9.17, 15) is 13.2 Å². The molecule has 7 heteroatoms. The Hall–Kier alpha value is -2.15. The first-order valence-electron chi connectivity index (χ1n) is 5.46. The molecular formula is C12H12N2O4S. The molecule has 2 rings (SSSR count). The number of para-hydroxylation sites is 2. The molecule has 0 unspecified atom stereocenters. The molecule has 0 saturated carbocycles. The van der Waals surface area contributed by atoms with Gasteiger partial charge in [0.05, 0.1) is 16.8 Å². The van der Waals surface area contributed by atoms with Crippen molar-refractivity contribution in [1.82, 2.24) is 9.55 Å². The molecule has 1 aromatic carbocycles. The van der Waals surface area contributed by atoms with E-state index in [1.54, 1.807) is 24.3 Å². The van der Waals surface area contributed by atoms with Gasteiger partial charge in [-0.2, -0.15) is 0 Å². The largest absolute Gasteiger partial charge is 0.480 e. The quantitative estimate of drug-likeness (QED) is 0.828. The first-order chi connectivity index (χ1) is 8.95. The van der Waals surface area contributed by atoms with Crippen LogP contribution in [0.3, 0.4) is 0 Å². The van der Waals surface area contributed by atoms with Gasteiger partial charge in [0.25, 0.3) is 0 Å². The number of hydrogen-bond donors (Lipinski definition) is 1. The number of imidazole rings is 1. The first kappa shape index (κ1) is 13.3. The fourth-order valence-electron chi connectivity index (χ4n) is 1.81. The second-order valence-electron chi connectivity index (χ2n) is 3.93. The number of hydrogen-bond acceptors (Lipinski definition) is 4. The van der Waals surface area contributed by atoms with Gasteiger partial charge in [-0.15, -0.1) is 6.58 Å². The van der Waals surface area contributed by atoms with Gasteiger partial charge in [-0.25, -0.2) is 13.4 Å². The third kappa shape index (κ3) is 2.50. The average Bonchev–Trinajstić information content (AvgIpc) is 2.68. The molecule has 6 nitrogen and oxygen atoms in total. The van der Waals surface area contributed by atoms with Crippen LogP contribution in [0, 0.1) is 0 Å². The number of fused-ring (bicyclic) bond motifs is 1. The number of benzene rings is 1. The van der Waals surface area contributed by atoms with E-state index in [0.29, 0.717) is 11.0 Å². The Balaban J connectivity index is 2.72. The zero-order valence-electron chi connectivity index (χ0n) is 9.98. The fraction of sp³-hybridized carbons (Fsp3) is 0.167. The lowest BCUT2D eigenvalue weighted by atomic mass is 10.3. The molecule has 0 bridgehead atoms. The molecule has 100 valence electrons. The van der Waals surface area contributed by atoms with Crippen molar-refractivity contribution in [1.29, 1.82) is 0 Å². The minimum absolute atomic E-state index is 0.240. The standard InChI is InChI=1S/C12H12N2O4S/c1-2-7-19(17,18)12-13-9-5-3-4-6-10(9)14(12)8-11(15)16/h2-6H,1,7-8H2,(H,15,16). The van der Waals surface area contributed by atoms with Crippen molar-refractivity contribution < 1.29 is 18.3 Å². The SMILES string of the molecule is C=CCS(=O)(=O)c1nc2ccccc2n1CC(=O)O. The summed E-state index contributed by atoms with van der Waals surface area (Å²) in [5, 5.41) is 8.66. The van der Waals surface area contributed by atoms with Crippen LogP contribution >= 0.6 is 0 Å². The summed E-state index contributed by atoms with van der Waals surface area (Å²) in [6, 6.07) is 6.69. The summed E-state index contributed by atoms with van der Waals surface area (Å²) in [6.07, 6.45) is 1.25. The monoisotopic (exact) mass is 280 g/mol. The highest BCUT2D eigenvalue weighted by Gasteiger charge is 2.23. The van der Waals surface area contributed by atoms with Crippen LogP contribution in [0.4, 0.5) is 0 Å². The van der Waals surface area contributed by atoms with Crippen molar-refractivity contribution in [2.45, 2.75) is 11.7 Å². The fourth-order valence-corrected chi connectivity index (χ4v) is 3.00. The van der Waals surface area contributed by atoms with E-state index in [0.717, 1.165) is 0 Å². The van der Waals surface area contributed by atoms with Crippen molar-refractivity contribution >= 4 is 26.8 Å². The number of sulfone groups is 1. The highest BCUT2D eigenvalue weighted by atomic mass is 32.2. The lowest BCUT2D eigenvalue weighted by molar-refractivity contribution is -0.137. The summed E-state index contributed by atoms with van der Waals surface area (Å²) in [7, 11) is -3.68. The molecule has 0 aliphatic carbocycles. The molecule has 0 amide bonds. The van der Waals surface area contributed by atoms with Gasteiger partial charge < -0.3 is 9.67 Å². The van der Waals surface area contributed by atoms with Gasteiger partial charge in [0.1, 0.15) is 6.54 Å². The molecule has 0 saturated heterocycles. The van der Waals surface area contributed by atoms with Crippen molar-refractivity contribution in [2.24, 2.45) is 0 Å². The highest BCUT2D eigenvalue weighted by Crippen LogP contribution is 2.20. The van der Waals surface area contributed by atoms with E-state index in [-0.39, 0.29) is 10.9 Å². The normalized spacial score (nSPS) is 11.6. The van der Waals surface area contributed by atoms with Crippen molar-refractivity contribution in [3.63, 3.8) is 0 Å². The van der Waals surface area contributed by atoms with E-state index in [4.69, 9.17) is 5.11 Å². The lowest BCUT2D eigenvalue weighted by Crippen LogP contribution is -2.17. The predicted octanol–water partition coefficient (Wildman–Crippen LogP) is 1.08. The summed E-state index contributed by atoms with van der Waals surface area (Å²) in [5.74, 6) is -1.41. The molecule has 2 aromatic rings. The van der Waals surface area contributed by atoms with Gasteiger partial charge in [-0.1, -0.05) is 18.2 Å². The maximum Gasteiger partial charge on any atom is 0.323 e. The number of rotatable bonds is 5. The molecule has 1 aromatic heterocycles. The molecule has 0 aliphatic rings. The summed E-state index contributed by atoms with van der Waals surface area (Å²) in [5.41, 5.74) is 0.930. The molecule has 1 N–H and O–H groups in total. The summed E-state index contributed by atoms with van der Waals surface area (Å²) in [6.45, 7) is 2.93. The third-order valence-electron chi connectivity index (χ3n) is 2.53. The maximum absolute atomic E-state index is 12.1. The van der Waals surface area contributed by atoms with Crippen LogP contribution in [0.25, 0.3) is 11.0 Å². The number of aromatic nitrogens is 2. The van der Waals surface area contributed by atoms with Crippen LogP contribution in [-0.2, 0) is 21.2 Å². The highest BCUT2D eigenvalue weighted by molar-refractivity contribution is 7.91. The van der Waals surface area contributed by atoms with Gasteiger partial charge in [0.2, 0.25) is 15.0 Å². The Morgan fingerprint density at radius 1 is 1.42 bits per heavy atom. The summed E-state index contributed by atoms with van der Waals surface area (Å²) in [4.78, 5) is 14.9. The Bertz CT molecular complexity index is 746. The Labute approximate surface area is 109 Å². The second-order valence-corrected chi connectivity index (χ2v) is 5.86. The van der Waals surface area contributed by atoms with Crippen molar-refractivity contribution in [2.75, 3.05) is 5.75 Å². The van der Waals surface area contributed by atoms with Gasteiger partial charge in [0.15, 0.2) is 0 Å². The minimum Gasteiger partial charge on any atom is -0.480 e. The van der Waals surface area contributed by atoms with E-state index in [2.05, 4.69) is 11.6 Å². The maximum atomic E-state index is 12.1. The number of carboxylic acid groups (broad SMARTS) is 1. The zero-order chi connectivity index (χ0) is 14.0. The van der Waals surface area contributed by atoms with Crippen LogP contribution < -0.4 is 0 Å². The van der Waals surface area contributed by atoms with Crippen LogP contribution in [0.1, 0.15) is 0 Å². The molecule has 0 fully saturated rings. The topological polar surface area (TPSA) is 89.3 Å². The van der Waals surface area contributed by atoms with Crippen LogP contribution in [0.5, 0.6) is 0 Å². The van der Waals surface area contributed by atoms with Gasteiger partial charge in [-0.3, -0.25) is 4.79 Å². The van der Waals surface area contributed by atoms with Crippen molar-refractivity contribution in [3.05, 3.63) is 36.9 Å². The Kier molecular flexibility index (Phi) is 3.39. The molecule has 1 heterocycles. The van der Waals surface area contributed by atoms with E-state index < -0.39 is 22.4 Å². The zero-order valence-corrected chi connectivity index (χ0v) is 10.8. The second kappa shape index (κ2) is 4.85. The van der Waals surface area contributed by atoms with E-state index >= 15 is 0 Å². The van der Waals surface area contributed by atoms with Crippen molar-refractivity contribution in [3.8, 4) is 0 Å². The van der Waals surface area contributed by atoms with Gasteiger partial charge in [-0.05, 0) is 12.1 Å². The number of carboxylic acids is 1. The smallest absolute Gasteiger partial charge is 0.323 e. The first-order valence-corrected chi connectivity index (χ1v) is 7.11. The molecular weight excluding hydrogens is 268 g/mol. The minimum atomic E-state index is -3.68. The van der Waals surface area contributed by atoms with Crippen LogP contribution in [0.15, 0.2) is 42.1 Å². The number of carbonyl (C=O) groups is 1.